The molecular formula is C17H27N3O. The molecule has 0 aliphatic heterocycles. The van der Waals surface area contributed by atoms with Crippen LogP contribution in [0.4, 0.5) is 5.69 Å². The number of nitrogens with zero attached hydrogens (tertiary/aromatic N) is 2. The van der Waals surface area contributed by atoms with Crippen molar-refractivity contribution in [2.75, 3.05) is 18.0 Å². The van der Waals surface area contributed by atoms with E-state index >= 15 is 0 Å². The Bertz CT molecular complexity index is 483. The third-order valence-corrected chi connectivity index (χ3v) is 4.33. The SMILES string of the molecule is CCN(CC)c1ccc(/C=N/[C@@H]2CCCC[C@H]2N)c(O)c1. The van der Waals surface area contributed by atoms with Gasteiger partial charge in [-0.25, -0.2) is 0 Å². The van der Waals surface area contributed by atoms with E-state index < -0.39 is 0 Å². The van der Waals surface area contributed by atoms with Crippen LogP contribution in [0.1, 0.15) is 45.1 Å². The Morgan fingerprint density at radius 2 is 2.00 bits per heavy atom. The third-order valence-electron chi connectivity index (χ3n) is 4.33. The van der Waals surface area contributed by atoms with Crippen LogP contribution in [-0.4, -0.2) is 36.5 Å². The fraction of sp³-hybridized carbons (Fsp3) is 0.588. The molecule has 0 spiro atoms. The molecule has 1 fully saturated rings. The van der Waals surface area contributed by atoms with Crippen molar-refractivity contribution in [3.63, 3.8) is 0 Å². The number of phenols is 1. The first-order valence-corrected chi connectivity index (χ1v) is 8.02. The predicted octanol–water partition coefficient (Wildman–Crippen LogP) is 2.93. The molecule has 0 unspecified atom stereocenters. The summed E-state index contributed by atoms with van der Waals surface area (Å²) >= 11 is 0. The molecule has 0 aromatic heterocycles. The molecule has 1 aromatic rings. The number of rotatable bonds is 5. The number of aliphatic imine (C=N–C) groups is 1. The molecule has 2 rings (SSSR count). The average molecular weight is 289 g/mol. The molecule has 1 aromatic carbocycles. The van der Waals surface area contributed by atoms with E-state index in [0.717, 1.165) is 37.2 Å². The van der Waals surface area contributed by atoms with Crippen LogP contribution in [0.3, 0.4) is 0 Å². The second-order valence-corrected chi connectivity index (χ2v) is 5.71. The van der Waals surface area contributed by atoms with E-state index in [0.29, 0.717) is 0 Å². The first-order chi connectivity index (χ1) is 10.2. The Morgan fingerprint density at radius 3 is 2.62 bits per heavy atom. The van der Waals surface area contributed by atoms with Crippen LogP contribution in [0.5, 0.6) is 5.75 Å². The number of phenolic OH excluding ortho intramolecular Hbond substituents is 1. The summed E-state index contributed by atoms with van der Waals surface area (Å²) in [6, 6.07) is 6.14. The highest BCUT2D eigenvalue weighted by Crippen LogP contribution is 2.24. The summed E-state index contributed by atoms with van der Waals surface area (Å²) in [6.45, 7) is 6.08. The summed E-state index contributed by atoms with van der Waals surface area (Å²) < 4.78 is 0. The number of hydrogen-bond donors (Lipinski definition) is 2. The van der Waals surface area contributed by atoms with Crippen molar-refractivity contribution in [2.45, 2.75) is 51.6 Å². The lowest BCUT2D eigenvalue weighted by Gasteiger charge is -2.25. The fourth-order valence-electron chi connectivity index (χ4n) is 2.93. The Morgan fingerprint density at radius 1 is 1.29 bits per heavy atom. The highest BCUT2D eigenvalue weighted by molar-refractivity contribution is 5.84. The number of benzene rings is 1. The van der Waals surface area contributed by atoms with E-state index in [-0.39, 0.29) is 17.8 Å². The van der Waals surface area contributed by atoms with E-state index in [1.807, 2.05) is 18.2 Å². The van der Waals surface area contributed by atoms with Gasteiger partial charge in [0.05, 0.1) is 6.04 Å². The lowest BCUT2D eigenvalue weighted by Crippen LogP contribution is -2.36. The van der Waals surface area contributed by atoms with Crippen molar-refractivity contribution >= 4 is 11.9 Å². The van der Waals surface area contributed by atoms with Crippen molar-refractivity contribution in [1.82, 2.24) is 0 Å². The second-order valence-electron chi connectivity index (χ2n) is 5.71. The summed E-state index contributed by atoms with van der Waals surface area (Å²) in [7, 11) is 0. The largest absolute Gasteiger partial charge is 0.507 e. The fourth-order valence-corrected chi connectivity index (χ4v) is 2.93. The number of anilines is 1. The summed E-state index contributed by atoms with van der Waals surface area (Å²) in [5.74, 6) is 0.285. The van der Waals surface area contributed by atoms with Crippen LogP contribution < -0.4 is 10.6 Å². The van der Waals surface area contributed by atoms with E-state index in [1.54, 1.807) is 6.21 Å². The van der Waals surface area contributed by atoms with Gasteiger partial charge in [-0.1, -0.05) is 12.8 Å². The van der Waals surface area contributed by atoms with Crippen LogP contribution in [0.2, 0.25) is 0 Å². The first-order valence-electron chi connectivity index (χ1n) is 8.02. The standard InChI is InChI=1S/C17H27N3O/c1-3-20(4-2)14-10-9-13(17(21)11-14)12-19-16-8-6-5-7-15(16)18/h9-12,15-16,21H,3-8,18H2,1-2H3/b19-12+/t15-,16-/m1/s1. The van der Waals surface area contributed by atoms with E-state index in [2.05, 4.69) is 23.7 Å². The van der Waals surface area contributed by atoms with Crippen LogP contribution >= 0.6 is 0 Å². The Hall–Kier alpha value is -1.55. The molecule has 0 radical (unpaired) electrons. The molecule has 1 saturated carbocycles. The van der Waals surface area contributed by atoms with E-state index in [1.165, 1.54) is 12.8 Å². The summed E-state index contributed by atoms with van der Waals surface area (Å²) in [5.41, 5.74) is 7.91. The van der Waals surface area contributed by atoms with Crippen molar-refractivity contribution in [2.24, 2.45) is 10.7 Å². The molecule has 3 N–H and O–H groups in total. The normalized spacial score (nSPS) is 22.6. The van der Waals surface area contributed by atoms with Gasteiger partial charge in [0, 0.05) is 42.7 Å². The van der Waals surface area contributed by atoms with Gasteiger partial charge in [-0.05, 0) is 38.8 Å². The minimum atomic E-state index is 0.159. The van der Waals surface area contributed by atoms with Crippen LogP contribution in [0.25, 0.3) is 0 Å². The molecule has 21 heavy (non-hydrogen) atoms. The second kappa shape index (κ2) is 7.46. The van der Waals surface area contributed by atoms with Gasteiger partial charge in [0.15, 0.2) is 0 Å². The molecule has 4 nitrogen and oxygen atoms in total. The molecule has 0 heterocycles. The zero-order valence-corrected chi connectivity index (χ0v) is 13.1. The minimum absolute atomic E-state index is 0.159. The number of hydrogen-bond acceptors (Lipinski definition) is 4. The Labute approximate surface area is 127 Å². The van der Waals surface area contributed by atoms with Crippen molar-refractivity contribution in [3.05, 3.63) is 23.8 Å². The van der Waals surface area contributed by atoms with Crippen molar-refractivity contribution in [3.8, 4) is 5.75 Å². The summed E-state index contributed by atoms with van der Waals surface area (Å²) in [4.78, 5) is 6.79. The van der Waals surface area contributed by atoms with Gasteiger partial charge >= 0.3 is 0 Å². The highest BCUT2D eigenvalue weighted by atomic mass is 16.3. The molecule has 4 heteroatoms. The Kier molecular flexibility index (Phi) is 5.62. The van der Waals surface area contributed by atoms with Gasteiger partial charge in [-0.2, -0.15) is 0 Å². The van der Waals surface area contributed by atoms with Gasteiger partial charge < -0.3 is 15.7 Å². The van der Waals surface area contributed by atoms with Crippen molar-refractivity contribution < 1.29 is 5.11 Å². The number of nitrogens with two attached hydrogens (primary N) is 1. The molecule has 1 aliphatic rings. The quantitative estimate of drug-likeness (QED) is 0.819. The zero-order valence-electron chi connectivity index (χ0n) is 13.1. The molecule has 116 valence electrons. The average Bonchev–Trinajstić information content (AvgIpc) is 2.49. The smallest absolute Gasteiger partial charge is 0.126 e. The number of aromatic hydroxyl groups is 1. The first kappa shape index (κ1) is 15.8. The topological polar surface area (TPSA) is 61.8 Å². The monoisotopic (exact) mass is 289 g/mol. The maximum absolute atomic E-state index is 10.2. The van der Waals surface area contributed by atoms with Gasteiger partial charge in [-0.3, -0.25) is 4.99 Å². The molecule has 0 amide bonds. The van der Waals surface area contributed by atoms with E-state index in [9.17, 15) is 5.11 Å². The maximum Gasteiger partial charge on any atom is 0.126 e. The summed E-state index contributed by atoms with van der Waals surface area (Å²) in [5, 5.41) is 10.2. The van der Waals surface area contributed by atoms with E-state index in [4.69, 9.17) is 5.73 Å². The van der Waals surface area contributed by atoms with Gasteiger partial charge in [-0.15, -0.1) is 0 Å². The molecule has 2 atom stereocenters. The zero-order chi connectivity index (χ0) is 15.2. The van der Waals surface area contributed by atoms with Crippen molar-refractivity contribution in [1.29, 1.82) is 0 Å². The molecule has 0 bridgehead atoms. The van der Waals surface area contributed by atoms with Gasteiger partial charge in [0.1, 0.15) is 5.75 Å². The van der Waals surface area contributed by atoms with Gasteiger partial charge in [0.2, 0.25) is 0 Å². The lowest BCUT2D eigenvalue weighted by molar-refractivity contribution is 0.387. The molecular weight excluding hydrogens is 262 g/mol. The predicted molar refractivity (Wildman–Crippen MR) is 89.5 cm³/mol. The highest BCUT2D eigenvalue weighted by Gasteiger charge is 2.20. The van der Waals surface area contributed by atoms with Gasteiger partial charge in [0.25, 0.3) is 0 Å². The van der Waals surface area contributed by atoms with Crippen LogP contribution in [-0.2, 0) is 0 Å². The Balaban J connectivity index is 2.10. The molecule has 0 saturated heterocycles. The van der Waals surface area contributed by atoms with Crippen LogP contribution in [0, 0.1) is 0 Å². The van der Waals surface area contributed by atoms with Crippen LogP contribution in [0.15, 0.2) is 23.2 Å². The third kappa shape index (κ3) is 3.97. The maximum atomic E-state index is 10.2. The molecule has 1 aliphatic carbocycles. The minimum Gasteiger partial charge on any atom is -0.507 e. The summed E-state index contributed by atoms with van der Waals surface area (Å²) in [6.07, 6.45) is 6.28. The lowest BCUT2D eigenvalue weighted by atomic mass is 9.91.